The molecule has 3 aromatic rings. The molecule has 2 heterocycles. The normalized spacial score (nSPS) is 16.4. The largest absolute Gasteiger partial charge is 0.426 e. The van der Waals surface area contributed by atoms with Crippen molar-refractivity contribution in [3.63, 3.8) is 0 Å². The van der Waals surface area contributed by atoms with Gasteiger partial charge in [-0.1, -0.05) is 24.3 Å². The van der Waals surface area contributed by atoms with Crippen LogP contribution in [0.1, 0.15) is 25.8 Å². The van der Waals surface area contributed by atoms with Crippen LogP contribution >= 0.6 is 0 Å². The number of aryl methyl sites for hydroxylation is 1. The lowest BCUT2D eigenvalue weighted by molar-refractivity contribution is -0.111. The molecule has 0 fully saturated rings. The lowest BCUT2D eigenvalue weighted by Crippen LogP contribution is -2.34. The molecule has 1 aliphatic carbocycles. The molecule has 2 aromatic heterocycles. The Morgan fingerprint density at radius 3 is 2.73 bits per heavy atom. The van der Waals surface area contributed by atoms with Crippen LogP contribution in [0.3, 0.4) is 0 Å². The van der Waals surface area contributed by atoms with Gasteiger partial charge < -0.3 is 14.4 Å². The Balaban J connectivity index is 1.51. The van der Waals surface area contributed by atoms with Crippen molar-refractivity contribution in [2.75, 3.05) is 11.9 Å². The molecule has 0 bridgehead atoms. The zero-order valence-electron chi connectivity index (χ0n) is 17.7. The third-order valence-corrected chi connectivity index (χ3v) is 5.61. The molecule has 4 rings (SSSR count). The molecule has 30 heavy (non-hydrogen) atoms. The summed E-state index contributed by atoms with van der Waals surface area (Å²) in [6, 6.07) is 12.5. The number of likely N-dealkylation sites (N-methyl/N-ethyl adjacent to an activating group) is 1. The molecule has 0 N–H and O–H groups in total. The number of allylic oxidation sites excluding steroid dienone is 1. The molecule has 0 aliphatic heterocycles. The van der Waals surface area contributed by atoms with Crippen molar-refractivity contribution in [1.29, 1.82) is 0 Å². The van der Waals surface area contributed by atoms with Crippen molar-refractivity contribution >= 4 is 23.1 Å². The number of para-hydroxylation sites is 2. The number of carbonyl (C=O) groups is 1. The second-order valence-corrected chi connectivity index (χ2v) is 8.14. The number of benzene rings is 1. The van der Waals surface area contributed by atoms with Gasteiger partial charge >= 0.3 is 6.01 Å². The van der Waals surface area contributed by atoms with Gasteiger partial charge in [0, 0.05) is 31.3 Å². The predicted molar refractivity (Wildman–Crippen MR) is 119 cm³/mol. The number of pyridine rings is 1. The molecule has 1 unspecified atom stereocenters. The van der Waals surface area contributed by atoms with Crippen LogP contribution in [-0.2, 0) is 17.3 Å². The van der Waals surface area contributed by atoms with Gasteiger partial charge in [0.1, 0.15) is 17.9 Å². The summed E-state index contributed by atoms with van der Waals surface area (Å²) in [6.07, 6.45) is 9.64. The first-order valence-corrected chi connectivity index (χ1v) is 10.0. The Morgan fingerprint density at radius 1 is 1.23 bits per heavy atom. The van der Waals surface area contributed by atoms with Crippen LogP contribution in [0.15, 0.2) is 66.6 Å². The van der Waals surface area contributed by atoms with Crippen LogP contribution in [0.2, 0.25) is 0 Å². The quantitative estimate of drug-likeness (QED) is 0.579. The molecule has 0 saturated heterocycles. The Bertz CT molecular complexity index is 1140. The summed E-state index contributed by atoms with van der Waals surface area (Å²) >= 11 is 0. The molecule has 1 atom stereocenters. The fourth-order valence-corrected chi connectivity index (χ4v) is 3.67. The van der Waals surface area contributed by atoms with Gasteiger partial charge in [-0.15, -0.1) is 0 Å². The maximum absolute atomic E-state index is 11.6. The number of hydrogen-bond donors (Lipinski definition) is 0. The average Bonchev–Trinajstić information content (AvgIpc) is 3.09. The molecule has 1 aromatic carbocycles. The van der Waals surface area contributed by atoms with Crippen molar-refractivity contribution in [2.24, 2.45) is 7.05 Å². The van der Waals surface area contributed by atoms with E-state index in [-0.39, 0.29) is 6.04 Å². The number of hydrogen-bond acceptors (Lipinski definition) is 5. The van der Waals surface area contributed by atoms with Crippen LogP contribution in [0, 0.1) is 0 Å². The topological polar surface area (TPSA) is 60.3 Å². The lowest BCUT2D eigenvalue weighted by Gasteiger charge is -2.32. The Kier molecular flexibility index (Phi) is 5.16. The van der Waals surface area contributed by atoms with Gasteiger partial charge in [0.05, 0.1) is 17.1 Å². The van der Waals surface area contributed by atoms with E-state index in [0.29, 0.717) is 6.01 Å². The van der Waals surface area contributed by atoms with E-state index in [1.165, 1.54) is 0 Å². The average molecular weight is 402 g/mol. The standard InChI is InChI=1S/C24H26N4O2/c1-24(2,16-29)19-8-7-15-25-22(19)27(3)17-11-13-18(14-12-17)30-23-26-20-9-5-6-10-21(20)28(23)4/h5-11,13-17H,12H2,1-4H3. The third-order valence-electron chi connectivity index (χ3n) is 5.61. The van der Waals surface area contributed by atoms with Gasteiger partial charge in [0.2, 0.25) is 0 Å². The van der Waals surface area contributed by atoms with E-state index in [4.69, 9.17) is 4.74 Å². The number of carbonyl (C=O) groups excluding carboxylic acids is 1. The minimum atomic E-state index is -0.597. The second kappa shape index (κ2) is 7.78. The predicted octanol–water partition coefficient (Wildman–Crippen LogP) is 4.17. The minimum Gasteiger partial charge on any atom is -0.426 e. The van der Waals surface area contributed by atoms with Gasteiger partial charge in [-0.3, -0.25) is 4.57 Å². The highest BCUT2D eigenvalue weighted by Gasteiger charge is 2.27. The number of imidazole rings is 1. The molecule has 0 amide bonds. The number of nitrogens with zero attached hydrogens (tertiary/aromatic N) is 4. The smallest absolute Gasteiger partial charge is 0.302 e. The summed E-state index contributed by atoms with van der Waals surface area (Å²) in [5.41, 5.74) is 2.27. The van der Waals surface area contributed by atoms with Crippen molar-refractivity contribution in [1.82, 2.24) is 14.5 Å². The summed E-state index contributed by atoms with van der Waals surface area (Å²) in [5.74, 6) is 1.59. The van der Waals surface area contributed by atoms with Crippen LogP contribution in [0.5, 0.6) is 6.01 Å². The molecule has 6 nitrogen and oxygen atoms in total. The highest BCUT2D eigenvalue weighted by atomic mass is 16.5. The Morgan fingerprint density at radius 2 is 2.03 bits per heavy atom. The molecule has 0 saturated carbocycles. The fourth-order valence-electron chi connectivity index (χ4n) is 3.67. The van der Waals surface area contributed by atoms with Crippen LogP contribution in [0.4, 0.5) is 5.82 Å². The third kappa shape index (κ3) is 3.61. The zero-order valence-corrected chi connectivity index (χ0v) is 17.7. The SMILES string of the molecule is CN(c1ncccc1C(C)(C)C=O)C1C=CC(Oc2nc3ccccc3n2C)=CC1. The van der Waals surface area contributed by atoms with Gasteiger partial charge in [0.25, 0.3) is 0 Å². The number of anilines is 1. The first-order chi connectivity index (χ1) is 14.4. The van der Waals surface area contributed by atoms with E-state index in [0.717, 1.165) is 40.9 Å². The number of ether oxygens (including phenoxy) is 1. The molecule has 154 valence electrons. The monoisotopic (exact) mass is 402 g/mol. The van der Waals surface area contributed by atoms with E-state index in [9.17, 15) is 4.79 Å². The molecular weight excluding hydrogens is 376 g/mol. The van der Waals surface area contributed by atoms with Crippen LogP contribution in [-0.4, -0.2) is 33.9 Å². The van der Waals surface area contributed by atoms with E-state index in [2.05, 4.69) is 27.0 Å². The first kappa shape index (κ1) is 19.9. The van der Waals surface area contributed by atoms with Gasteiger partial charge in [0.15, 0.2) is 0 Å². The summed E-state index contributed by atoms with van der Waals surface area (Å²) in [7, 11) is 3.96. The van der Waals surface area contributed by atoms with Gasteiger partial charge in [-0.2, -0.15) is 4.98 Å². The molecule has 0 spiro atoms. The van der Waals surface area contributed by atoms with Gasteiger partial charge in [-0.05, 0) is 50.6 Å². The van der Waals surface area contributed by atoms with E-state index >= 15 is 0 Å². The van der Waals surface area contributed by atoms with Gasteiger partial charge in [-0.25, -0.2) is 4.98 Å². The highest BCUT2D eigenvalue weighted by molar-refractivity contribution is 5.76. The van der Waals surface area contributed by atoms with Crippen molar-refractivity contribution < 1.29 is 9.53 Å². The van der Waals surface area contributed by atoms with E-state index in [1.807, 2.05) is 75.0 Å². The van der Waals surface area contributed by atoms with Crippen molar-refractivity contribution in [3.05, 3.63) is 72.1 Å². The van der Waals surface area contributed by atoms with Crippen molar-refractivity contribution in [3.8, 4) is 6.01 Å². The number of aldehydes is 1. The fraction of sp³-hybridized carbons (Fsp3) is 0.292. The summed E-state index contributed by atoms with van der Waals surface area (Å²) in [4.78, 5) is 22.8. The lowest BCUT2D eigenvalue weighted by atomic mass is 9.86. The molecule has 0 radical (unpaired) electrons. The number of fused-ring (bicyclic) bond motifs is 1. The summed E-state index contributed by atoms with van der Waals surface area (Å²) in [6.45, 7) is 3.82. The van der Waals surface area contributed by atoms with E-state index in [1.54, 1.807) is 6.20 Å². The maximum atomic E-state index is 11.6. The maximum Gasteiger partial charge on any atom is 0.302 e. The first-order valence-electron chi connectivity index (χ1n) is 10.0. The minimum absolute atomic E-state index is 0.119. The number of aromatic nitrogens is 3. The van der Waals surface area contributed by atoms with Crippen LogP contribution in [0.25, 0.3) is 11.0 Å². The molecule has 6 heteroatoms. The Hall–Kier alpha value is -3.41. The summed E-state index contributed by atoms with van der Waals surface area (Å²) < 4.78 is 7.99. The molecular formula is C24H26N4O2. The van der Waals surface area contributed by atoms with Crippen molar-refractivity contribution in [2.45, 2.75) is 31.7 Å². The van der Waals surface area contributed by atoms with E-state index < -0.39 is 5.41 Å². The number of rotatable bonds is 6. The zero-order chi connectivity index (χ0) is 21.3. The Labute approximate surface area is 176 Å². The second-order valence-electron chi connectivity index (χ2n) is 8.14. The molecule has 1 aliphatic rings. The highest BCUT2D eigenvalue weighted by Crippen LogP contribution is 2.31. The summed E-state index contributed by atoms with van der Waals surface area (Å²) in [5, 5.41) is 0. The van der Waals surface area contributed by atoms with Crippen LogP contribution < -0.4 is 9.64 Å².